The second-order valence-electron chi connectivity index (χ2n) is 6.77. The Balaban J connectivity index is 1.98. The zero-order chi connectivity index (χ0) is 17.1. The van der Waals surface area contributed by atoms with Gasteiger partial charge in [-0.05, 0) is 50.6 Å². The summed E-state index contributed by atoms with van der Waals surface area (Å²) >= 11 is 0. The molecule has 1 aliphatic heterocycles. The maximum absolute atomic E-state index is 12.7. The van der Waals surface area contributed by atoms with E-state index in [1.165, 1.54) is 0 Å². The molecule has 3 aromatic rings. The van der Waals surface area contributed by atoms with E-state index < -0.39 is 5.41 Å². The minimum Gasteiger partial charge on any atom is -0.327 e. The Kier molecular flexibility index (Phi) is 3.04. The van der Waals surface area contributed by atoms with E-state index in [4.69, 9.17) is 4.98 Å². The summed E-state index contributed by atoms with van der Waals surface area (Å²) in [7, 11) is 2.00. The quantitative estimate of drug-likeness (QED) is 0.728. The lowest BCUT2D eigenvalue weighted by molar-refractivity contribution is -0.122. The average Bonchev–Trinajstić information content (AvgIpc) is 3.00. The number of imidazole rings is 1. The van der Waals surface area contributed by atoms with Crippen molar-refractivity contribution in [3.8, 4) is 11.4 Å². The molecule has 0 fully saturated rings. The van der Waals surface area contributed by atoms with E-state index in [1.807, 2.05) is 51.0 Å². The molecule has 5 nitrogen and oxygen atoms in total. The summed E-state index contributed by atoms with van der Waals surface area (Å²) in [5.41, 5.74) is 4.47. The third kappa shape index (κ3) is 1.84. The summed E-state index contributed by atoms with van der Waals surface area (Å²) in [5.74, 6) is 1.04. The summed E-state index contributed by atoms with van der Waals surface area (Å²) < 4.78 is 2.07. The van der Waals surface area contributed by atoms with Gasteiger partial charge in [-0.15, -0.1) is 0 Å². The van der Waals surface area contributed by atoms with Gasteiger partial charge in [-0.1, -0.05) is 0 Å². The SMILES string of the molecule is CCN1C(=O)C(C)(C)c2cc3nc(-c4cccnc4)n(C)c3cc21. The van der Waals surface area contributed by atoms with E-state index in [0.717, 1.165) is 33.7 Å². The molecular formula is C19H20N4O. The Hall–Kier alpha value is -2.69. The van der Waals surface area contributed by atoms with Crippen molar-refractivity contribution in [3.05, 3.63) is 42.2 Å². The summed E-state index contributed by atoms with van der Waals surface area (Å²) in [5, 5.41) is 0. The molecule has 24 heavy (non-hydrogen) atoms. The minimum absolute atomic E-state index is 0.155. The summed E-state index contributed by atoms with van der Waals surface area (Å²) in [6, 6.07) is 8.08. The van der Waals surface area contributed by atoms with Crippen LogP contribution in [0.4, 0.5) is 5.69 Å². The van der Waals surface area contributed by atoms with Crippen molar-refractivity contribution >= 4 is 22.6 Å². The fraction of sp³-hybridized carbons (Fsp3) is 0.316. The molecule has 5 heteroatoms. The lowest BCUT2D eigenvalue weighted by atomic mass is 9.86. The number of carbonyl (C=O) groups is 1. The van der Waals surface area contributed by atoms with Gasteiger partial charge in [-0.2, -0.15) is 0 Å². The predicted molar refractivity (Wildman–Crippen MR) is 95.0 cm³/mol. The van der Waals surface area contributed by atoms with Crippen molar-refractivity contribution in [2.24, 2.45) is 7.05 Å². The first-order valence-electron chi connectivity index (χ1n) is 8.18. The smallest absolute Gasteiger partial charge is 0.237 e. The lowest BCUT2D eigenvalue weighted by Crippen LogP contribution is -2.35. The molecule has 0 spiro atoms. The number of pyridine rings is 1. The second kappa shape index (κ2) is 4.90. The van der Waals surface area contributed by atoms with Crippen LogP contribution in [-0.4, -0.2) is 27.0 Å². The van der Waals surface area contributed by atoms with Gasteiger partial charge in [0.2, 0.25) is 5.91 Å². The van der Waals surface area contributed by atoms with Crippen molar-refractivity contribution in [1.29, 1.82) is 0 Å². The van der Waals surface area contributed by atoms with Crippen molar-refractivity contribution in [2.75, 3.05) is 11.4 Å². The van der Waals surface area contributed by atoms with E-state index in [2.05, 4.69) is 21.7 Å². The number of hydrogen-bond acceptors (Lipinski definition) is 3. The Morgan fingerprint density at radius 3 is 2.71 bits per heavy atom. The van der Waals surface area contributed by atoms with E-state index in [1.54, 1.807) is 6.20 Å². The van der Waals surface area contributed by atoms with Gasteiger partial charge in [-0.25, -0.2) is 4.98 Å². The van der Waals surface area contributed by atoms with Crippen molar-refractivity contribution in [3.63, 3.8) is 0 Å². The lowest BCUT2D eigenvalue weighted by Gasteiger charge is -2.18. The van der Waals surface area contributed by atoms with E-state index >= 15 is 0 Å². The second-order valence-corrected chi connectivity index (χ2v) is 6.77. The number of nitrogens with zero attached hydrogens (tertiary/aromatic N) is 4. The van der Waals surface area contributed by atoms with Crippen LogP contribution in [0.3, 0.4) is 0 Å². The molecule has 1 aliphatic rings. The van der Waals surface area contributed by atoms with Gasteiger partial charge in [0.25, 0.3) is 0 Å². The number of amides is 1. The Morgan fingerprint density at radius 1 is 1.25 bits per heavy atom. The highest BCUT2D eigenvalue weighted by molar-refractivity contribution is 6.09. The van der Waals surface area contributed by atoms with Gasteiger partial charge < -0.3 is 9.47 Å². The number of aryl methyl sites for hydroxylation is 1. The first-order valence-corrected chi connectivity index (χ1v) is 8.18. The summed E-state index contributed by atoms with van der Waals surface area (Å²) in [6.45, 7) is 6.66. The zero-order valence-electron chi connectivity index (χ0n) is 14.4. The maximum atomic E-state index is 12.7. The summed E-state index contributed by atoms with van der Waals surface area (Å²) in [6.07, 6.45) is 3.58. The maximum Gasteiger partial charge on any atom is 0.237 e. The van der Waals surface area contributed by atoms with Gasteiger partial charge in [0.1, 0.15) is 5.82 Å². The zero-order valence-corrected chi connectivity index (χ0v) is 14.4. The Bertz CT molecular complexity index is 956. The number of anilines is 1. The third-order valence-electron chi connectivity index (χ3n) is 4.98. The normalized spacial score (nSPS) is 16.0. The molecule has 0 radical (unpaired) electrons. The number of hydrogen-bond donors (Lipinski definition) is 0. The topological polar surface area (TPSA) is 51.0 Å². The van der Waals surface area contributed by atoms with Crippen molar-refractivity contribution < 1.29 is 4.79 Å². The van der Waals surface area contributed by atoms with Crippen LogP contribution in [0.2, 0.25) is 0 Å². The highest BCUT2D eigenvalue weighted by Gasteiger charge is 2.43. The number of fused-ring (bicyclic) bond motifs is 2. The fourth-order valence-corrected chi connectivity index (χ4v) is 3.58. The average molecular weight is 320 g/mol. The van der Waals surface area contributed by atoms with Crippen LogP contribution in [0, 0.1) is 0 Å². The van der Waals surface area contributed by atoms with Crippen LogP contribution in [0.5, 0.6) is 0 Å². The number of rotatable bonds is 2. The number of aromatic nitrogens is 3. The first-order chi connectivity index (χ1) is 11.4. The predicted octanol–water partition coefficient (Wildman–Crippen LogP) is 3.28. The van der Waals surface area contributed by atoms with Gasteiger partial charge in [0.05, 0.1) is 22.1 Å². The van der Waals surface area contributed by atoms with Crippen molar-refractivity contribution in [1.82, 2.24) is 14.5 Å². The molecule has 0 bridgehead atoms. The minimum atomic E-state index is -0.508. The van der Waals surface area contributed by atoms with Crippen LogP contribution in [-0.2, 0) is 17.3 Å². The molecular weight excluding hydrogens is 300 g/mol. The van der Waals surface area contributed by atoms with Gasteiger partial charge in [0.15, 0.2) is 0 Å². The molecule has 1 amide bonds. The molecule has 0 N–H and O–H groups in total. The van der Waals surface area contributed by atoms with Crippen LogP contribution in [0.1, 0.15) is 26.3 Å². The molecule has 122 valence electrons. The number of likely N-dealkylation sites (N-methyl/N-ethyl adjacent to an activating group) is 1. The molecule has 2 aromatic heterocycles. The van der Waals surface area contributed by atoms with Crippen LogP contribution in [0.15, 0.2) is 36.7 Å². The molecule has 0 aliphatic carbocycles. The number of benzene rings is 1. The molecule has 3 heterocycles. The van der Waals surface area contributed by atoms with Crippen LogP contribution in [0.25, 0.3) is 22.4 Å². The highest BCUT2D eigenvalue weighted by atomic mass is 16.2. The first kappa shape index (κ1) is 14.9. The largest absolute Gasteiger partial charge is 0.327 e. The van der Waals surface area contributed by atoms with Crippen molar-refractivity contribution in [2.45, 2.75) is 26.2 Å². The van der Waals surface area contributed by atoms with E-state index in [9.17, 15) is 4.79 Å². The van der Waals surface area contributed by atoms with Gasteiger partial charge in [-0.3, -0.25) is 9.78 Å². The third-order valence-corrected chi connectivity index (χ3v) is 4.98. The van der Waals surface area contributed by atoms with E-state index in [0.29, 0.717) is 6.54 Å². The monoisotopic (exact) mass is 320 g/mol. The highest BCUT2D eigenvalue weighted by Crippen LogP contribution is 2.43. The fourth-order valence-electron chi connectivity index (χ4n) is 3.58. The molecule has 0 atom stereocenters. The standard InChI is InChI=1S/C19H20N4O/c1-5-23-15-10-16-14(9-13(15)19(2,3)18(23)24)21-17(22(16)4)12-7-6-8-20-11-12/h6-11H,5H2,1-4H3. The molecule has 1 aromatic carbocycles. The van der Waals surface area contributed by atoms with Crippen LogP contribution < -0.4 is 4.90 Å². The summed E-state index contributed by atoms with van der Waals surface area (Å²) in [4.78, 5) is 23.5. The molecule has 0 unspecified atom stereocenters. The molecule has 0 saturated heterocycles. The van der Waals surface area contributed by atoms with Crippen LogP contribution >= 0.6 is 0 Å². The van der Waals surface area contributed by atoms with Gasteiger partial charge in [0, 0.05) is 31.5 Å². The molecule has 4 rings (SSSR count). The van der Waals surface area contributed by atoms with E-state index in [-0.39, 0.29) is 5.91 Å². The number of carbonyl (C=O) groups excluding carboxylic acids is 1. The molecule has 0 saturated carbocycles. The van der Waals surface area contributed by atoms with Gasteiger partial charge >= 0.3 is 0 Å². The Morgan fingerprint density at radius 2 is 2.04 bits per heavy atom. The Labute approximate surface area is 140 Å².